The van der Waals surface area contributed by atoms with E-state index in [2.05, 4.69) is 5.32 Å². The maximum Gasteiger partial charge on any atom is 0.310 e. The van der Waals surface area contributed by atoms with Gasteiger partial charge in [0.15, 0.2) is 0 Å². The van der Waals surface area contributed by atoms with Gasteiger partial charge in [0.25, 0.3) is 0 Å². The molecule has 2 N–H and O–H groups in total. The largest absolute Gasteiger partial charge is 0.490 e. The molecule has 0 unspecified atom stereocenters. The molecule has 0 bridgehead atoms. The van der Waals surface area contributed by atoms with Gasteiger partial charge in [0.1, 0.15) is 5.75 Å². The number of hydrogen-bond donors (Lipinski definition) is 2. The van der Waals surface area contributed by atoms with Crippen molar-refractivity contribution in [3.8, 4) is 5.75 Å². The van der Waals surface area contributed by atoms with Crippen LogP contribution in [0.1, 0.15) is 57.9 Å². The molecule has 0 radical (unpaired) electrons. The summed E-state index contributed by atoms with van der Waals surface area (Å²) in [5, 5.41) is 13.5. The highest BCUT2D eigenvalue weighted by molar-refractivity contribution is 6.30. The zero-order valence-electron chi connectivity index (χ0n) is 14.6. The predicted molar refractivity (Wildman–Crippen MR) is 96.7 cm³/mol. The Balaban J connectivity index is 2.02. The number of nitrogens with one attached hydrogen (secondary N) is 1. The van der Waals surface area contributed by atoms with E-state index in [9.17, 15) is 9.90 Å². The van der Waals surface area contributed by atoms with Crippen LogP contribution in [0.5, 0.6) is 5.75 Å². The first-order valence-electron chi connectivity index (χ1n) is 8.90. The molecule has 0 heterocycles. The lowest BCUT2D eigenvalue weighted by Crippen LogP contribution is -2.40. The first kappa shape index (κ1) is 19.1. The van der Waals surface area contributed by atoms with Gasteiger partial charge in [0.05, 0.1) is 11.5 Å². The molecule has 4 nitrogen and oxygen atoms in total. The number of ether oxygens (including phenoxy) is 1. The smallest absolute Gasteiger partial charge is 0.310 e. The summed E-state index contributed by atoms with van der Waals surface area (Å²) < 4.78 is 6.13. The van der Waals surface area contributed by atoms with E-state index in [1.54, 1.807) is 0 Å². The lowest BCUT2D eigenvalue weighted by atomic mass is 9.82. The van der Waals surface area contributed by atoms with Crippen molar-refractivity contribution in [2.24, 2.45) is 5.41 Å². The molecule has 1 aliphatic rings. The van der Waals surface area contributed by atoms with Crippen LogP contribution in [0.3, 0.4) is 0 Å². The summed E-state index contributed by atoms with van der Waals surface area (Å²) in [6, 6.07) is 5.66. The third kappa shape index (κ3) is 4.64. The van der Waals surface area contributed by atoms with Gasteiger partial charge >= 0.3 is 5.97 Å². The number of benzene rings is 1. The molecular weight excluding hydrogens is 326 g/mol. The average molecular weight is 354 g/mol. The second-order valence-electron chi connectivity index (χ2n) is 6.67. The van der Waals surface area contributed by atoms with Crippen LogP contribution in [-0.4, -0.2) is 23.7 Å². The molecule has 1 aliphatic carbocycles. The molecule has 0 aromatic heterocycles. The lowest BCUT2D eigenvalue weighted by molar-refractivity contribution is -0.149. The fraction of sp³-hybridized carbons (Fsp3) is 0.632. The van der Waals surface area contributed by atoms with Crippen LogP contribution in [0.25, 0.3) is 0 Å². The van der Waals surface area contributed by atoms with E-state index in [1.165, 1.54) is 12.8 Å². The Labute approximate surface area is 149 Å². The lowest BCUT2D eigenvalue weighted by Gasteiger charge is -2.27. The zero-order chi connectivity index (χ0) is 17.6. The molecule has 1 aromatic rings. The third-order valence-corrected chi connectivity index (χ3v) is 5.44. The maximum absolute atomic E-state index is 11.6. The molecule has 0 aliphatic heterocycles. The van der Waals surface area contributed by atoms with Gasteiger partial charge in [-0.25, -0.2) is 0 Å². The van der Waals surface area contributed by atoms with Gasteiger partial charge < -0.3 is 15.2 Å². The summed E-state index contributed by atoms with van der Waals surface area (Å²) >= 11 is 6.13. The van der Waals surface area contributed by atoms with Crippen molar-refractivity contribution in [3.05, 3.63) is 28.8 Å². The minimum absolute atomic E-state index is 0.286. The molecule has 1 saturated carbocycles. The predicted octanol–water partition coefficient (Wildman–Crippen LogP) is 4.64. The quantitative estimate of drug-likeness (QED) is 0.678. The van der Waals surface area contributed by atoms with Crippen LogP contribution in [0.15, 0.2) is 18.2 Å². The van der Waals surface area contributed by atoms with Gasteiger partial charge in [0, 0.05) is 23.7 Å². The molecule has 1 fully saturated rings. The molecule has 0 saturated heterocycles. The van der Waals surface area contributed by atoms with Crippen molar-refractivity contribution >= 4 is 17.6 Å². The van der Waals surface area contributed by atoms with E-state index < -0.39 is 11.4 Å². The van der Waals surface area contributed by atoms with E-state index in [4.69, 9.17) is 16.3 Å². The maximum atomic E-state index is 11.6. The first-order chi connectivity index (χ1) is 11.5. The highest BCUT2D eigenvalue weighted by Crippen LogP contribution is 2.30. The molecule has 0 atom stereocenters. The Kier molecular flexibility index (Phi) is 6.93. The third-order valence-electron chi connectivity index (χ3n) is 5.20. The van der Waals surface area contributed by atoms with Crippen molar-refractivity contribution in [2.45, 2.75) is 65.0 Å². The zero-order valence-corrected chi connectivity index (χ0v) is 15.4. The average Bonchev–Trinajstić information content (AvgIpc) is 3.07. The van der Waals surface area contributed by atoms with Gasteiger partial charge in [-0.2, -0.15) is 0 Å². The summed E-state index contributed by atoms with van der Waals surface area (Å²) in [4.78, 5) is 11.6. The second kappa shape index (κ2) is 8.72. The first-order valence-corrected chi connectivity index (χ1v) is 9.27. The van der Waals surface area contributed by atoms with Crippen LogP contribution in [0.2, 0.25) is 5.02 Å². The molecule has 134 valence electrons. The van der Waals surface area contributed by atoms with Crippen LogP contribution >= 0.6 is 11.6 Å². The molecule has 24 heavy (non-hydrogen) atoms. The van der Waals surface area contributed by atoms with Crippen molar-refractivity contribution in [3.63, 3.8) is 0 Å². The van der Waals surface area contributed by atoms with Gasteiger partial charge in [-0.15, -0.1) is 0 Å². The highest BCUT2D eigenvalue weighted by atomic mass is 35.5. The minimum Gasteiger partial charge on any atom is -0.490 e. The summed E-state index contributed by atoms with van der Waals surface area (Å²) in [7, 11) is 0. The number of carboxylic acid groups (broad SMARTS) is 1. The van der Waals surface area contributed by atoms with Crippen LogP contribution in [-0.2, 0) is 11.3 Å². The van der Waals surface area contributed by atoms with E-state index in [-0.39, 0.29) is 6.10 Å². The van der Waals surface area contributed by atoms with Crippen molar-refractivity contribution in [1.82, 2.24) is 5.32 Å². The number of halogens is 1. The van der Waals surface area contributed by atoms with E-state index >= 15 is 0 Å². The molecular formula is C19H28ClNO3. The molecule has 2 rings (SSSR count). The standard InChI is InChI=1S/C19H28ClNO3/c1-3-19(4-2,18(22)23)13-21-12-14-11-15(20)9-10-17(14)24-16-7-5-6-8-16/h9-11,16,21H,3-8,12-13H2,1-2H3,(H,22,23). The molecule has 0 amide bonds. The Morgan fingerprint density at radius 3 is 2.58 bits per heavy atom. The fourth-order valence-electron chi connectivity index (χ4n) is 3.30. The summed E-state index contributed by atoms with van der Waals surface area (Å²) in [5.74, 6) is 0.112. The Bertz CT molecular complexity index is 552. The van der Waals surface area contributed by atoms with Gasteiger partial charge in [0.2, 0.25) is 0 Å². The van der Waals surface area contributed by atoms with Gasteiger partial charge in [-0.05, 0) is 56.7 Å². The van der Waals surface area contributed by atoms with Crippen LogP contribution in [0.4, 0.5) is 0 Å². The normalized spacial score (nSPS) is 15.6. The number of hydrogen-bond acceptors (Lipinski definition) is 3. The summed E-state index contributed by atoms with van der Waals surface area (Å²) in [5.41, 5.74) is 0.270. The number of carboxylic acids is 1. The molecule has 1 aromatic carbocycles. The molecule has 5 heteroatoms. The number of aliphatic carboxylic acids is 1. The summed E-state index contributed by atoms with van der Waals surface area (Å²) in [6.45, 7) is 4.84. The van der Waals surface area contributed by atoms with Crippen molar-refractivity contribution in [2.75, 3.05) is 6.54 Å². The topological polar surface area (TPSA) is 58.6 Å². The number of rotatable bonds is 9. The van der Waals surface area contributed by atoms with Crippen molar-refractivity contribution < 1.29 is 14.6 Å². The van der Waals surface area contributed by atoms with E-state index in [0.29, 0.717) is 31.0 Å². The SMILES string of the molecule is CCC(CC)(CNCc1cc(Cl)ccc1OC1CCCC1)C(=O)O. The van der Waals surface area contributed by atoms with Crippen LogP contribution < -0.4 is 10.1 Å². The Hall–Kier alpha value is -1.26. The number of carbonyl (C=O) groups is 1. The van der Waals surface area contributed by atoms with E-state index in [1.807, 2.05) is 32.0 Å². The van der Waals surface area contributed by atoms with Gasteiger partial charge in [-0.3, -0.25) is 4.79 Å². The fourth-order valence-corrected chi connectivity index (χ4v) is 3.50. The Morgan fingerprint density at radius 2 is 2.00 bits per heavy atom. The summed E-state index contributed by atoms with van der Waals surface area (Å²) in [6.07, 6.45) is 6.14. The highest BCUT2D eigenvalue weighted by Gasteiger charge is 2.34. The molecule has 0 spiro atoms. The van der Waals surface area contributed by atoms with Crippen LogP contribution in [0, 0.1) is 5.41 Å². The minimum atomic E-state index is -0.742. The Morgan fingerprint density at radius 1 is 1.33 bits per heavy atom. The monoisotopic (exact) mass is 353 g/mol. The van der Waals surface area contributed by atoms with E-state index in [0.717, 1.165) is 24.2 Å². The van der Waals surface area contributed by atoms with Crippen molar-refractivity contribution in [1.29, 1.82) is 0 Å². The second-order valence-corrected chi connectivity index (χ2v) is 7.11. The van der Waals surface area contributed by atoms with Gasteiger partial charge in [-0.1, -0.05) is 25.4 Å².